The Morgan fingerprint density at radius 3 is 2.79 bits per heavy atom. The zero-order chi connectivity index (χ0) is 13.0. The Bertz CT molecular complexity index is 666. The van der Waals surface area contributed by atoms with Gasteiger partial charge in [-0.05, 0) is 5.56 Å². The van der Waals surface area contributed by atoms with Gasteiger partial charge in [-0.3, -0.25) is 9.79 Å². The number of benzene rings is 1. The van der Waals surface area contributed by atoms with E-state index in [1.165, 1.54) is 5.56 Å². The third kappa shape index (κ3) is 1.37. The smallest absolute Gasteiger partial charge is 0.171 e. The van der Waals surface area contributed by atoms with Crippen molar-refractivity contribution in [3.63, 3.8) is 0 Å². The zero-order valence-corrected chi connectivity index (χ0v) is 10.8. The average Bonchev–Trinajstić information content (AvgIpc) is 2.46. The van der Waals surface area contributed by atoms with Crippen LogP contribution in [-0.4, -0.2) is 18.0 Å². The second-order valence-electron chi connectivity index (χ2n) is 5.58. The van der Waals surface area contributed by atoms with E-state index in [9.17, 15) is 4.79 Å². The van der Waals surface area contributed by atoms with Crippen LogP contribution in [0, 0.1) is 11.8 Å². The lowest BCUT2D eigenvalue weighted by atomic mass is 9.69. The van der Waals surface area contributed by atoms with Crippen LogP contribution in [0.3, 0.4) is 0 Å². The zero-order valence-electron chi connectivity index (χ0n) is 10.8. The second-order valence-corrected chi connectivity index (χ2v) is 5.58. The quantitative estimate of drug-likeness (QED) is 0.694. The number of hydrogen-bond acceptors (Lipinski definition) is 2. The Kier molecular flexibility index (Phi) is 2.16. The number of Topliss-reactive ketones (excluding diaryl/α,β-unsaturated/α-hetero) is 1. The normalized spacial score (nSPS) is 30.7. The van der Waals surface area contributed by atoms with Crippen LogP contribution in [-0.2, 0) is 0 Å². The molecular formula is C17H15NO. The molecule has 3 aliphatic rings. The first-order valence-corrected chi connectivity index (χ1v) is 6.84. The first-order valence-electron chi connectivity index (χ1n) is 6.84. The summed E-state index contributed by atoms with van der Waals surface area (Å²) < 4.78 is 0. The lowest BCUT2D eigenvalue weighted by Gasteiger charge is -2.35. The number of fused-ring (bicyclic) bond motifs is 2. The Hall–Kier alpha value is -1.96. The molecule has 1 aromatic carbocycles. The van der Waals surface area contributed by atoms with Gasteiger partial charge < -0.3 is 0 Å². The second kappa shape index (κ2) is 3.77. The fourth-order valence-corrected chi connectivity index (χ4v) is 3.46. The number of aliphatic imine (C=N–C) groups is 1. The van der Waals surface area contributed by atoms with E-state index >= 15 is 0 Å². The highest BCUT2D eigenvalue weighted by atomic mass is 16.1. The molecule has 1 aromatic rings. The summed E-state index contributed by atoms with van der Waals surface area (Å²) in [5.74, 6) is 0.736. The predicted molar refractivity (Wildman–Crippen MR) is 75.9 cm³/mol. The molecule has 0 aromatic heterocycles. The minimum absolute atomic E-state index is 0.0556. The lowest BCUT2D eigenvalue weighted by Crippen LogP contribution is -2.38. The van der Waals surface area contributed by atoms with Crippen LogP contribution in [0.1, 0.15) is 34.3 Å². The third-order valence-electron chi connectivity index (χ3n) is 4.44. The summed E-state index contributed by atoms with van der Waals surface area (Å²) in [7, 11) is 0. The third-order valence-corrected chi connectivity index (χ3v) is 4.44. The standard InChI is InChI=1S/C17H15NO/c1-10-9-18-16-12-5-2-3-6-13(12)17(19)14-8-4-7-11(10)15(14)16/h2-8,10,12-13H,9H2,1H3. The SMILES string of the molecule is CC1CN=C2c3c(cccc31)C(=O)C1C=CC=CC21. The molecule has 0 spiro atoms. The monoisotopic (exact) mass is 249 g/mol. The van der Waals surface area contributed by atoms with Gasteiger partial charge in [-0.15, -0.1) is 0 Å². The van der Waals surface area contributed by atoms with Crippen LogP contribution in [0.4, 0.5) is 0 Å². The van der Waals surface area contributed by atoms with Crippen LogP contribution in [0.5, 0.6) is 0 Å². The van der Waals surface area contributed by atoms with E-state index in [-0.39, 0.29) is 17.6 Å². The van der Waals surface area contributed by atoms with Gasteiger partial charge in [0.1, 0.15) is 0 Å². The largest absolute Gasteiger partial charge is 0.293 e. The number of hydrogen-bond donors (Lipinski definition) is 0. The van der Waals surface area contributed by atoms with Crippen molar-refractivity contribution in [1.29, 1.82) is 0 Å². The van der Waals surface area contributed by atoms with Crippen molar-refractivity contribution in [2.75, 3.05) is 6.54 Å². The number of nitrogens with zero attached hydrogens (tertiary/aromatic N) is 1. The van der Waals surface area contributed by atoms with Crippen LogP contribution >= 0.6 is 0 Å². The van der Waals surface area contributed by atoms with Crippen molar-refractivity contribution in [2.45, 2.75) is 12.8 Å². The number of ketones is 1. The summed E-state index contributed by atoms with van der Waals surface area (Å²) in [4.78, 5) is 17.4. The fraction of sp³-hybridized carbons (Fsp3) is 0.294. The van der Waals surface area contributed by atoms with Gasteiger partial charge >= 0.3 is 0 Å². The number of carbonyl (C=O) groups is 1. The minimum Gasteiger partial charge on any atom is -0.293 e. The Labute approximate surface area is 112 Å². The van der Waals surface area contributed by atoms with E-state index in [1.807, 2.05) is 30.4 Å². The molecule has 19 heavy (non-hydrogen) atoms. The van der Waals surface area contributed by atoms with Gasteiger partial charge in [-0.2, -0.15) is 0 Å². The summed E-state index contributed by atoms with van der Waals surface area (Å²) >= 11 is 0. The Morgan fingerprint density at radius 1 is 1.16 bits per heavy atom. The van der Waals surface area contributed by atoms with Crippen LogP contribution in [0.15, 0.2) is 47.5 Å². The molecule has 2 nitrogen and oxygen atoms in total. The molecule has 94 valence electrons. The summed E-state index contributed by atoms with van der Waals surface area (Å²) in [6, 6.07) is 6.11. The number of carbonyl (C=O) groups excluding carboxylic acids is 1. The van der Waals surface area contributed by atoms with Crippen LogP contribution in [0.2, 0.25) is 0 Å². The van der Waals surface area contributed by atoms with E-state index in [1.54, 1.807) is 0 Å². The van der Waals surface area contributed by atoms with Crippen molar-refractivity contribution in [1.82, 2.24) is 0 Å². The minimum atomic E-state index is -0.0556. The van der Waals surface area contributed by atoms with E-state index in [4.69, 9.17) is 4.99 Å². The number of allylic oxidation sites excluding steroid dienone is 4. The number of rotatable bonds is 0. The Morgan fingerprint density at radius 2 is 1.95 bits per heavy atom. The molecular weight excluding hydrogens is 234 g/mol. The fourth-order valence-electron chi connectivity index (χ4n) is 3.46. The van der Waals surface area contributed by atoms with E-state index < -0.39 is 0 Å². The molecule has 3 atom stereocenters. The first-order chi connectivity index (χ1) is 9.27. The van der Waals surface area contributed by atoms with E-state index in [0.29, 0.717) is 5.92 Å². The molecule has 0 saturated heterocycles. The van der Waals surface area contributed by atoms with E-state index in [0.717, 1.165) is 23.4 Å². The molecule has 2 heteroatoms. The molecule has 1 aliphatic heterocycles. The Balaban J connectivity index is 2.02. The van der Waals surface area contributed by atoms with Gasteiger partial charge in [0.25, 0.3) is 0 Å². The van der Waals surface area contributed by atoms with E-state index in [2.05, 4.69) is 19.1 Å². The maximum absolute atomic E-state index is 12.7. The molecule has 4 rings (SSSR count). The van der Waals surface area contributed by atoms with Gasteiger partial charge in [-0.1, -0.05) is 49.4 Å². The van der Waals surface area contributed by atoms with Crippen molar-refractivity contribution >= 4 is 11.5 Å². The summed E-state index contributed by atoms with van der Waals surface area (Å²) in [6.45, 7) is 3.02. The molecule has 0 radical (unpaired) electrons. The van der Waals surface area contributed by atoms with Crippen molar-refractivity contribution < 1.29 is 4.79 Å². The molecule has 0 bridgehead atoms. The summed E-state index contributed by atoms with van der Waals surface area (Å²) in [5.41, 5.74) is 4.39. The highest BCUT2D eigenvalue weighted by Gasteiger charge is 2.40. The van der Waals surface area contributed by atoms with Crippen LogP contribution < -0.4 is 0 Å². The lowest BCUT2D eigenvalue weighted by molar-refractivity contribution is 0.0929. The first kappa shape index (κ1) is 10.9. The molecule has 0 N–H and O–H groups in total. The molecule has 0 amide bonds. The maximum atomic E-state index is 12.7. The van der Waals surface area contributed by atoms with Crippen molar-refractivity contribution in [2.24, 2.45) is 16.8 Å². The molecule has 0 saturated carbocycles. The van der Waals surface area contributed by atoms with Crippen molar-refractivity contribution in [3.8, 4) is 0 Å². The summed E-state index contributed by atoms with van der Waals surface area (Å²) in [5, 5.41) is 0. The van der Waals surface area contributed by atoms with Gasteiger partial charge in [0, 0.05) is 29.5 Å². The van der Waals surface area contributed by atoms with Crippen molar-refractivity contribution in [3.05, 3.63) is 59.2 Å². The molecule has 1 heterocycles. The highest BCUT2D eigenvalue weighted by Crippen LogP contribution is 2.40. The average molecular weight is 249 g/mol. The summed E-state index contributed by atoms with van der Waals surface area (Å²) in [6.07, 6.45) is 8.14. The maximum Gasteiger partial charge on any atom is 0.171 e. The van der Waals surface area contributed by atoms with Gasteiger partial charge in [-0.25, -0.2) is 0 Å². The topological polar surface area (TPSA) is 29.4 Å². The highest BCUT2D eigenvalue weighted by molar-refractivity contribution is 6.20. The molecule has 2 aliphatic carbocycles. The molecule has 3 unspecified atom stereocenters. The van der Waals surface area contributed by atoms with Crippen LogP contribution in [0.25, 0.3) is 0 Å². The predicted octanol–water partition coefficient (Wildman–Crippen LogP) is 3.15. The molecule has 0 fully saturated rings. The van der Waals surface area contributed by atoms with Gasteiger partial charge in [0.05, 0.1) is 11.6 Å². The van der Waals surface area contributed by atoms with Gasteiger partial charge in [0.2, 0.25) is 0 Å². The van der Waals surface area contributed by atoms with Gasteiger partial charge in [0.15, 0.2) is 5.78 Å².